The highest BCUT2D eigenvalue weighted by atomic mass is 16.5. The van der Waals surface area contributed by atoms with Crippen molar-refractivity contribution in [2.75, 3.05) is 31.6 Å². The van der Waals surface area contributed by atoms with Crippen LogP contribution in [0.1, 0.15) is 18.2 Å². The first kappa shape index (κ1) is 18.5. The molecule has 0 N–H and O–H groups in total. The molecule has 1 aliphatic heterocycles. The molecule has 28 heavy (non-hydrogen) atoms. The molecule has 3 heterocycles. The average molecular weight is 378 g/mol. The predicted molar refractivity (Wildman–Crippen MR) is 111 cm³/mol. The van der Waals surface area contributed by atoms with Crippen molar-refractivity contribution < 1.29 is 4.74 Å². The molecule has 0 radical (unpaired) electrons. The molecule has 1 aliphatic rings. The van der Waals surface area contributed by atoms with Crippen molar-refractivity contribution in [3.8, 4) is 5.75 Å². The van der Waals surface area contributed by atoms with Gasteiger partial charge in [0.1, 0.15) is 17.5 Å². The first-order valence-corrected chi connectivity index (χ1v) is 9.71. The summed E-state index contributed by atoms with van der Waals surface area (Å²) in [4.78, 5) is 21.6. The number of ether oxygens (including phenoxy) is 1. The van der Waals surface area contributed by atoms with Gasteiger partial charge in [-0.3, -0.25) is 14.1 Å². The van der Waals surface area contributed by atoms with Gasteiger partial charge in [0.2, 0.25) is 0 Å². The van der Waals surface area contributed by atoms with Crippen LogP contribution in [0, 0.1) is 6.92 Å². The first-order chi connectivity index (χ1) is 13.5. The Hall–Kier alpha value is -2.86. The van der Waals surface area contributed by atoms with Gasteiger partial charge in [-0.1, -0.05) is 12.1 Å². The normalized spacial score (nSPS) is 16.3. The average Bonchev–Trinajstić information content (AvgIpc) is 2.66. The molecule has 0 unspecified atom stereocenters. The second kappa shape index (κ2) is 7.64. The van der Waals surface area contributed by atoms with Gasteiger partial charge in [0.15, 0.2) is 0 Å². The van der Waals surface area contributed by atoms with E-state index in [1.54, 1.807) is 16.7 Å². The minimum atomic E-state index is -0.0478. The van der Waals surface area contributed by atoms with Crippen molar-refractivity contribution >= 4 is 11.3 Å². The summed E-state index contributed by atoms with van der Waals surface area (Å²) in [6.07, 6.45) is 1.85. The lowest BCUT2D eigenvalue weighted by Crippen LogP contribution is -2.45. The van der Waals surface area contributed by atoms with E-state index in [-0.39, 0.29) is 11.7 Å². The number of nitrogens with zero attached hydrogens (tertiary/aromatic N) is 4. The zero-order valence-corrected chi connectivity index (χ0v) is 16.6. The van der Waals surface area contributed by atoms with Crippen LogP contribution >= 0.6 is 0 Å². The summed E-state index contributed by atoms with van der Waals surface area (Å²) in [5.74, 6) is 0.937. The molecule has 6 heteroatoms. The second-order valence-electron chi connectivity index (χ2n) is 7.46. The monoisotopic (exact) mass is 378 g/mol. The Morgan fingerprint density at radius 3 is 2.89 bits per heavy atom. The summed E-state index contributed by atoms with van der Waals surface area (Å²) in [6, 6.07) is 13.7. The Kier molecular flexibility index (Phi) is 5.05. The van der Waals surface area contributed by atoms with Gasteiger partial charge in [0.05, 0.1) is 17.9 Å². The zero-order chi connectivity index (χ0) is 19.7. The maximum absolute atomic E-state index is 12.4. The van der Waals surface area contributed by atoms with Crippen LogP contribution in [-0.4, -0.2) is 47.1 Å². The third-order valence-corrected chi connectivity index (χ3v) is 5.13. The van der Waals surface area contributed by atoms with Gasteiger partial charge < -0.3 is 9.64 Å². The largest absolute Gasteiger partial charge is 0.485 e. The smallest absolute Gasteiger partial charge is 0.258 e. The molecule has 4 rings (SSSR count). The summed E-state index contributed by atoms with van der Waals surface area (Å²) < 4.78 is 7.79. The van der Waals surface area contributed by atoms with Crippen molar-refractivity contribution in [3.05, 3.63) is 70.3 Å². The number of likely N-dealkylation sites (N-methyl/N-ethyl adjacent to an activating group) is 2. The highest BCUT2D eigenvalue weighted by molar-refractivity contribution is 5.60. The van der Waals surface area contributed by atoms with E-state index in [0.29, 0.717) is 12.2 Å². The van der Waals surface area contributed by atoms with Gasteiger partial charge in [-0.25, -0.2) is 4.98 Å². The SMILES string of the molecule is CCN1C[C@@H](CN(C)Cc2cc(=O)n3ccc(C)cc3n2)Oc2ccccc21. The molecule has 6 nitrogen and oxygen atoms in total. The first-order valence-electron chi connectivity index (χ1n) is 9.71. The highest BCUT2D eigenvalue weighted by Crippen LogP contribution is 2.32. The lowest BCUT2D eigenvalue weighted by atomic mass is 10.2. The summed E-state index contributed by atoms with van der Waals surface area (Å²) in [7, 11) is 2.04. The third-order valence-electron chi connectivity index (χ3n) is 5.13. The number of pyridine rings is 1. The van der Waals surface area contributed by atoms with Gasteiger partial charge in [-0.15, -0.1) is 0 Å². The van der Waals surface area contributed by atoms with E-state index in [2.05, 4.69) is 27.8 Å². The van der Waals surface area contributed by atoms with Crippen molar-refractivity contribution in [1.29, 1.82) is 0 Å². The summed E-state index contributed by atoms with van der Waals surface area (Å²) in [5.41, 5.74) is 3.67. The van der Waals surface area contributed by atoms with Crippen molar-refractivity contribution in [2.45, 2.75) is 26.5 Å². The quantitative estimate of drug-likeness (QED) is 0.683. The number of rotatable bonds is 5. The van der Waals surface area contributed by atoms with Crippen LogP contribution in [0.3, 0.4) is 0 Å². The number of benzene rings is 1. The molecular weight excluding hydrogens is 352 g/mol. The third kappa shape index (κ3) is 3.73. The van der Waals surface area contributed by atoms with Crippen LogP contribution in [-0.2, 0) is 6.54 Å². The molecule has 0 amide bonds. The molecule has 0 bridgehead atoms. The summed E-state index contributed by atoms with van der Waals surface area (Å²) >= 11 is 0. The lowest BCUT2D eigenvalue weighted by molar-refractivity contribution is 0.139. The fourth-order valence-electron chi connectivity index (χ4n) is 3.80. The molecule has 0 aliphatic carbocycles. The van der Waals surface area contributed by atoms with Crippen LogP contribution in [0.5, 0.6) is 5.75 Å². The summed E-state index contributed by atoms with van der Waals surface area (Å²) in [6.45, 7) is 7.33. The van der Waals surface area contributed by atoms with E-state index in [1.165, 1.54) is 0 Å². The molecule has 2 aromatic heterocycles. The number of aromatic nitrogens is 2. The van der Waals surface area contributed by atoms with Gasteiger partial charge in [0, 0.05) is 31.9 Å². The maximum Gasteiger partial charge on any atom is 0.258 e. The predicted octanol–water partition coefficient (Wildman–Crippen LogP) is 2.72. The fraction of sp³-hybridized carbons (Fsp3) is 0.364. The Morgan fingerprint density at radius 1 is 1.25 bits per heavy atom. The van der Waals surface area contributed by atoms with Crippen molar-refractivity contribution in [1.82, 2.24) is 14.3 Å². The van der Waals surface area contributed by atoms with Gasteiger partial charge in [-0.05, 0) is 50.7 Å². The zero-order valence-electron chi connectivity index (χ0n) is 16.6. The van der Waals surface area contributed by atoms with Crippen molar-refractivity contribution in [3.63, 3.8) is 0 Å². The van der Waals surface area contributed by atoms with E-state index >= 15 is 0 Å². The van der Waals surface area contributed by atoms with E-state index in [1.807, 2.05) is 44.3 Å². The number of aryl methyl sites for hydroxylation is 1. The molecule has 1 atom stereocenters. The van der Waals surface area contributed by atoms with Gasteiger partial charge >= 0.3 is 0 Å². The van der Waals surface area contributed by atoms with Crippen LogP contribution in [0.15, 0.2) is 53.5 Å². The van der Waals surface area contributed by atoms with Crippen molar-refractivity contribution in [2.24, 2.45) is 0 Å². The molecule has 0 spiro atoms. The van der Waals surface area contributed by atoms with E-state index in [9.17, 15) is 4.79 Å². The Bertz CT molecular complexity index is 1050. The molecule has 0 fully saturated rings. The van der Waals surface area contributed by atoms with Crippen LogP contribution < -0.4 is 15.2 Å². The number of hydrogen-bond acceptors (Lipinski definition) is 5. The minimum absolute atomic E-state index is 0.0478. The maximum atomic E-state index is 12.4. The lowest BCUT2D eigenvalue weighted by Gasteiger charge is -2.37. The Morgan fingerprint density at radius 2 is 2.07 bits per heavy atom. The van der Waals surface area contributed by atoms with E-state index < -0.39 is 0 Å². The van der Waals surface area contributed by atoms with Gasteiger partial charge in [0.25, 0.3) is 5.56 Å². The molecule has 0 saturated heterocycles. The number of anilines is 1. The summed E-state index contributed by atoms with van der Waals surface area (Å²) in [5, 5.41) is 0. The number of fused-ring (bicyclic) bond motifs is 2. The molecule has 0 saturated carbocycles. The van der Waals surface area contributed by atoms with E-state index in [0.717, 1.165) is 42.3 Å². The highest BCUT2D eigenvalue weighted by Gasteiger charge is 2.25. The van der Waals surface area contributed by atoms with E-state index in [4.69, 9.17) is 4.74 Å². The van der Waals surface area contributed by atoms with Crippen LogP contribution in [0.2, 0.25) is 0 Å². The molecule has 1 aromatic carbocycles. The van der Waals surface area contributed by atoms with Crippen LogP contribution in [0.25, 0.3) is 5.65 Å². The second-order valence-corrected chi connectivity index (χ2v) is 7.46. The van der Waals surface area contributed by atoms with Crippen LogP contribution in [0.4, 0.5) is 5.69 Å². The molecular formula is C22H26N4O2. The Labute approximate surface area is 165 Å². The molecule has 146 valence electrons. The molecule has 3 aromatic rings. The standard InChI is InChI=1S/C22H26N4O2/c1-4-25-15-18(28-20-8-6-5-7-19(20)25)14-24(3)13-17-12-22(27)26-10-9-16(2)11-21(26)23-17/h5-12,18H,4,13-15H2,1-3H3/t18-/m1/s1. The number of hydrogen-bond donors (Lipinski definition) is 0. The minimum Gasteiger partial charge on any atom is -0.485 e. The fourth-order valence-corrected chi connectivity index (χ4v) is 3.80. The topological polar surface area (TPSA) is 50.1 Å². The van der Waals surface area contributed by atoms with Gasteiger partial charge in [-0.2, -0.15) is 0 Å². The number of para-hydroxylation sites is 2. The Balaban J connectivity index is 1.48.